The highest BCUT2D eigenvalue weighted by atomic mass is 16.5. The molecule has 110 valence electrons. The molecular formula is C17H24O3. The summed E-state index contributed by atoms with van der Waals surface area (Å²) in [5, 5.41) is 9.17. The second kappa shape index (κ2) is 4.80. The van der Waals surface area contributed by atoms with Crippen molar-refractivity contribution in [2.24, 2.45) is 0 Å². The van der Waals surface area contributed by atoms with Gasteiger partial charge in [0.2, 0.25) is 0 Å². The maximum atomic E-state index is 11.2. The fourth-order valence-electron chi connectivity index (χ4n) is 2.93. The van der Waals surface area contributed by atoms with Gasteiger partial charge >= 0.3 is 5.97 Å². The minimum absolute atomic E-state index is 0.0224. The monoisotopic (exact) mass is 276 g/mol. The van der Waals surface area contributed by atoms with Crippen LogP contribution >= 0.6 is 0 Å². The van der Waals surface area contributed by atoms with E-state index in [4.69, 9.17) is 4.74 Å². The normalized spacial score (nSPS) is 16.9. The van der Waals surface area contributed by atoms with Crippen molar-refractivity contribution in [1.29, 1.82) is 0 Å². The van der Waals surface area contributed by atoms with E-state index < -0.39 is 5.97 Å². The van der Waals surface area contributed by atoms with Gasteiger partial charge in [0, 0.05) is 16.5 Å². The third-order valence-corrected chi connectivity index (χ3v) is 4.16. The van der Waals surface area contributed by atoms with Crippen molar-refractivity contribution in [2.45, 2.75) is 57.8 Å². The molecule has 0 aliphatic heterocycles. The predicted molar refractivity (Wildman–Crippen MR) is 79.6 cm³/mol. The van der Waals surface area contributed by atoms with E-state index in [0.29, 0.717) is 0 Å². The number of carbonyl (C=O) groups is 1. The standard InChI is InChI=1S/C17H24O3/c1-11-8-12(16(2,3)4)15(20-5)13(9-11)17(6-7-17)10-14(18)19/h8-9H,6-7,10H2,1-5H3,(H,18,19). The second-order valence-corrected chi connectivity index (χ2v) is 6.99. The van der Waals surface area contributed by atoms with Crippen molar-refractivity contribution in [3.8, 4) is 5.75 Å². The largest absolute Gasteiger partial charge is 0.496 e. The van der Waals surface area contributed by atoms with Crippen LogP contribution in [0, 0.1) is 6.92 Å². The molecule has 1 aromatic carbocycles. The van der Waals surface area contributed by atoms with Gasteiger partial charge in [-0.15, -0.1) is 0 Å². The van der Waals surface area contributed by atoms with Crippen LogP contribution in [0.2, 0.25) is 0 Å². The summed E-state index contributed by atoms with van der Waals surface area (Å²) in [5.74, 6) is 0.144. The van der Waals surface area contributed by atoms with Gasteiger partial charge in [0.15, 0.2) is 0 Å². The zero-order chi connectivity index (χ0) is 15.1. The summed E-state index contributed by atoms with van der Waals surface area (Å²) in [5.41, 5.74) is 3.16. The molecule has 0 bridgehead atoms. The summed E-state index contributed by atoms with van der Waals surface area (Å²) < 4.78 is 5.67. The van der Waals surface area contributed by atoms with Crippen molar-refractivity contribution in [2.75, 3.05) is 7.11 Å². The first-order chi connectivity index (χ1) is 9.19. The van der Waals surface area contributed by atoms with E-state index in [9.17, 15) is 9.90 Å². The third-order valence-electron chi connectivity index (χ3n) is 4.16. The molecule has 2 rings (SSSR count). The highest BCUT2D eigenvalue weighted by Crippen LogP contribution is 2.55. The van der Waals surface area contributed by atoms with Crippen LogP contribution in [0.25, 0.3) is 0 Å². The molecule has 0 spiro atoms. The maximum absolute atomic E-state index is 11.2. The molecule has 0 atom stereocenters. The molecule has 20 heavy (non-hydrogen) atoms. The molecule has 0 aromatic heterocycles. The molecule has 1 fully saturated rings. The molecule has 0 saturated heterocycles. The third kappa shape index (κ3) is 2.67. The quantitative estimate of drug-likeness (QED) is 0.909. The number of hydrogen-bond donors (Lipinski definition) is 1. The summed E-state index contributed by atoms with van der Waals surface area (Å²) in [6.45, 7) is 8.54. The number of carboxylic acids is 1. The van der Waals surface area contributed by atoms with E-state index in [0.717, 1.165) is 29.7 Å². The smallest absolute Gasteiger partial charge is 0.304 e. The Kier molecular flexibility index (Phi) is 3.57. The van der Waals surface area contributed by atoms with Crippen LogP contribution in [-0.4, -0.2) is 18.2 Å². The summed E-state index contributed by atoms with van der Waals surface area (Å²) >= 11 is 0. The number of rotatable bonds is 4. The van der Waals surface area contributed by atoms with Gasteiger partial charge in [-0.3, -0.25) is 4.79 Å². The first kappa shape index (κ1) is 14.9. The molecule has 1 aliphatic rings. The molecule has 0 radical (unpaired) electrons. The van der Waals surface area contributed by atoms with Crippen molar-refractivity contribution in [1.82, 2.24) is 0 Å². The minimum atomic E-state index is -0.733. The summed E-state index contributed by atoms with van der Waals surface area (Å²) in [4.78, 5) is 11.2. The molecule has 0 unspecified atom stereocenters. The molecule has 0 amide bonds. The fourth-order valence-corrected chi connectivity index (χ4v) is 2.93. The number of carboxylic acid groups (broad SMARTS) is 1. The van der Waals surface area contributed by atoms with Gasteiger partial charge in [0.05, 0.1) is 13.5 Å². The first-order valence-electron chi connectivity index (χ1n) is 7.11. The Balaban J connectivity index is 2.59. The number of hydrogen-bond acceptors (Lipinski definition) is 2. The van der Waals surface area contributed by atoms with Crippen LogP contribution in [0.4, 0.5) is 0 Å². The predicted octanol–water partition coefficient (Wildman–Crippen LogP) is 3.81. The Hall–Kier alpha value is -1.51. The Morgan fingerprint density at radius 2 is 1.95 bits per heavy atom. The molecule has 0 heterocycles. The zero-order valence-electron chi connectivity index (χ0n) is 13.0. The summed E-state index contributed by atoms with van der Waals surface area (Å²) in [7, 11) is 1.68. The van der Waals surface area contributed by atoms with Crippen LogP contribution in [-0.2, 0) is 15.6 Å². The minimum Gasteiger partial charge on any atom is -0.496 e. The van der Waals surface area contributed by atoms with E-state index in [1.807, 2.05) is 0 Å². The Morgan fingerprint density at radius 1 is 1.35 bits per heavy atom. The molecule has 1 aromatic rings. The summed E-state index contributed by atoms with van der Waals surface area (Å²) in [6, 6.07) is 4.25. The van der Waals surface area contributed by atoms with Crippen molar-refractivity contribution < 1.29 is 14.6 Å². The van der Waals surface area contributed by atoms with E-state index in [1.54, 1.807) is 7.11 Å². The van der Waals surface area contributed by atoms with Crippen molar-refractivity contribution in [3.05, 3.63) is 28.8 Å². The van der Waals surface area contributed by atoms with Gasteiger partial charge in [-0.1, -0.05) is 38.5 Å². The highest BCUT2D eigenvalue weighted by Gasteiger charge is 2.48. The SMILES string of the molecule is COc1c(C(C)(C)C)cc(C)cc1C1(CC(=O)O)CC1. The molecule has 3 nitrogen and oxygen atoms in total. The lowest BCUT2D eigenvalue weighted by Gasteiger charge is -2.27. The number of methoxy groups -OCH3 is 1. The average molecular weight is 276 g/mol. The molecule has 1 N–H and O–H groups in total. The van der Waals surface area contributed by atoms with E-state index in [-0.39, 0.29) is 17.3 Å². The van der Waals surface area contributed by atoms with Gasteiger partial charge in [0.1, 0.15) is 5.75 Å². The van der Waals surface area contributed by atoms with Gasteiger partial charge in [0.25, 0.3) is 0 Å². The molecule has 1 aliphatic carbocycles. The van der Waals surface area contributed by atoms with Crippen LogP contribution in [0.3, 0.4) is 0 Å². The van der Waals surface area contributed by atoms with Crippen LogP contribution in [0.1, 0.15) is 56.7 Å². The molecule has 3 heteroatoms. The van der Waals surface area contributed by atoms with Crippen molar-refractivity contribution >= 4 is 5.97 Å². The number of aliphatic carboxylic acids is 1. The number of ether oxygens (including phenoxy) is 1. The van der Waals surface area contributed by atoms with Gasteiger partial charge in [-0.2, -0.15) is 0 Å². The van der Waals surface area contributed by atoms with Gasteiger partial charge in [-0.05, 0) is 25.2 Å². The number of aryl methyl sites for hydroxylation is 1. The van der Waals surface area contributed by atoms with E-state index in [2.05, 4.69) is 39.8 Å². The Morgan fingerprint density at radius 3 is 2.35 bits per heavy atom. The summed E-state index contributed by atoms with van der Waals surface area (Å²) in [6.07, 6.45) is 2.06. The van der Waals surface area contributed by atoms with E-state index >= 15 is 0 Å². The van der Waals surface area contributed by atoms with Crippen molar-refractivity contribution in [3.63, 3.8) is 0 Å². The number of benzene rings is 1. The van der Waals surface area contributed by atoms with Gasteiger partial charge < -0.3 is 9.84 Å². The highest BCUT2D eigenvalue weighted by molar-refractivity contribution is 5.71. The lowest BCUT2D eigenvalue weighted by Crippen LogP contribution is -2.19. The maximum Gasteiger partial charge on any atom is 0.304 e. The lowest BCUT2D eigenvalue weighted by atomic mass is 9.80. The average Bonchev–Trinajstić information content (AvgIpc) is 3.06. The molecule has 1 saturated carbocycles. The molecular weight excluding hydrogens is 252 g/mol. The fraction of sp³-hybridized carbons (Fsp3) is 0.588. The zero-order valence-corrected chi connectivity index (χ0v) is 13.0. The van der Waals surface area contributed by atoms with Crippen LogP contribution in [0.5, 0.6) is 5.75 Å². The second-order valence-electron chi connectivity index (χ2n) is 6.99. The Bertz CT molecular complexity index is 534. The van der Waals surface area contributed by atoms with E-state index in [1.165, 1.54) is 5.56 Å². The lowest BCUT2D eigenvalue weighted by molar-refractivity contribution is -0.137. The van der Waals surface area contributed by atoms with Crippen LogP contribution in [0.15, 0.2) is 12.1 Å². The van der Waals surface area contributed by atoms with Crippen LogP contribution < -0.4 is 4.74 Å². The topological polar surface area (TPSA) is 46.5 Å². The first-order valence-corrected chi connectivity index (χ1v) is 7.11. The Labute approximate surface area is 121 Å². The van der Waals surface area contributed by atoms with Gasteiger partial charge in [-0.25, -0.2) is 0 Å².